The van der Waals surface area contributed by atoms with Gasteiger partial charge in [-0.2, -0.15) is 5.26 Å². The Morgan fingerprint density at radius 3 is 1.64 bits per heavy atom. The molecular weight excluding hydrogens is 282 g/mol. The molecule has 5 nitrogen and oxygen atoms in total. The van der Waals surface area contributed by atoms with Gasteiger partial charge in [-0.3, -0.25) is 0 Å². The lowest BCUT2D eigenvalue weighted by molar-refractivity contribution is 0.0686. The zero-order valence-electron chi connectivity index (χ0n) is 11.4. The molecule has 2 rings (SSSR count). The molecule has 0 saturated carbocycles. The molecule has 2 N–H and O–H groups in total. The van der Waals surface area contributed by atoms with Crippen molar-refractivity contribution < 1.29 is 19.8 Å². The Hall–Kier alpha value is -3.39. The number of carboxylic acids is 2. The molecule has 0 aliphatic heterocycles. The minimum absolute atomic E-state index is 0.145. The smallest absolute Gasteiger partial charge is 0.335 e. The molecule has 0 fully saturated rings. The molecule has 0 unspecified atom stereocenters. The van der Waals surface area contributed by atoms with Gasteiger partial charge in [-0.15, -0.1) is 0 Å². The number of hydrogen-bond acceptors (Lipinski definition) is 3. The molecule has 22 heavy (non-hydrogen) atoms. The molecule has 0 spiro atoms. The van der Waals surface area contributed by atoms with Gasteiger partial charge in [-0.05, 0) is 41.5 Å². The molecule has 0 atom stereocenters. The van der Waals surface area contributed by atoms with Crippen LogP contribution in [0, 0.1) is 11.3 Å². The number of aromatic carboxylic acids is 2. The largest absolute Gasteiger partial charge is 0.478 e. The minimum atomic E-state index is -1.03. The van der Waals surface area contributed by atoms with E-state index in [0.29, 0.717) is 16.7 Å². The van der Waals surface area contributed by atoms with Crippen LogP contribution in [0.2, 0.25) is 0 Å². The number of allylic oxidation sites excluding steroid dienone is 1. The highest BCUT2D eigenvalue weighted by Gasteiger charge is 2.06. The van der Waals surface area contributed by atoms with Crippen molar-refractivity contribution in [1.29, 1.82) is 5.26 Å². The quantitative estimate of drug-likeness (QED) is 0.666. The van der Waals surface area contributed by atoms with E-state index in [1.165, 1.54) is 24.3 Å². The third-order valence-electron chi connectivity index (χ3n) is 3.03. The summed E-state index contributed by atoms with van der Waals surface area (Å²) in [7, 11) is 0. The van der Waals surface area contributed by atoms with Crippen LogP contribution in [0.4, 0.5) is 0 Å². The SMILES string of the molecule is N#C/C(=C\c1ccc(C(=O)O)cc1)c1ccc(C(=O)O)cc1. The van der Waals surface area contributed by atoms with E-state index in [-0.39, 0.29) is 11.1 Å². The van der Waals surface area contributed by atoms with E-state index in [1.807, 2.05) is 0 Å². The average molecular weight is 293 g/mol. The van der Waals surface area contributed by atoms with Gasteiger partial charge in [0.1, 0.15) is 0 Å². The van der Waals surface area contributed by atoms with Crippen molar-refractivity contribution in [2.75, 3.05) is 0 Å². The van der Waals surface area contributed by atoms with Crippen LogP contribution in [-0.4, -0.2) is 22.2 Å². The van der Waals surface area contributed by atoms with Crippen molar-refractivity contribution in [3.8, 4) is 6.07 Å². The number of rotatable bonds is 4. The van der Waals surface area contributed by atoms with Gasteiger partial charge in [-0.1, -0.05) is 24.3 Å². The second-order valence-corrected chi connectivity index (χ2v) is 4.48. The fourth-order valence-corrected chi connectivity index (χ4v) is 1.86. The Labute approximate surface area is 126 Å². The number of hydrogen-bond donors (Lipinski definition) is 2. The lowest BCUT2D eigenvalue weighted by Crippen LogP contribution is -1.96. The van der Waals surface area contributed by atoms with Crippen LogP contribution in [0.3, 0.4) is 0 Å². The number of carboxylic acid groups (broad SMARTS) is 2. The highest BCUT2D eigenvalue weighted by atomic mass is 16.4. The molecule has 0 amide bonds. The predicted octanol–water partition coefficient (Wildman–Crippen LogP) is 3.15. The Morgan fingerprint density at radius 2 is 1.23 bits per heavy atom. The molecule has 108 valence electrons. The molecule has 0 radical (unpaired) electrons. The maximum Gasteiger partial charge on any atom is 0.335 e. The fraction of sp³-hybridized carbons (Fsp3) is 0. The molecule has 5 heteroatoms. The molecule has 0 bridgehead atoms. The summed E-state index contributed by atoms with van der Waals surface area (Å²) >= 11 is 0. The zero-order chi connectivity index (χ0) is 16.1. The van der Waals surface area contributed by atoms with Gasteiger partial charge in [0.15, 0.2) is 0 Å². The van der Waals surface area contributed by atoms with E-state index < -0.39 is 11.9 Å². The monoisotopic (exact) mass is 293 g/mol. The van der Waals surface area contributed by atoms with Gasteiger partial charge in [0.25, 0.3) is 0 Å². The summed E-state index contributed by atoms with van der Waals surface area (Å²) in [5, 5.41) is 26.9. The van der Waals surface area contributed by atoms with Crippen molar-refractivity contribution >= 4 is 23.6 Å². The van der Waals surface area contributed by atoms with Crippen LogP contribution in [0.15, 0.2) is 48.5 Å². The lowest BCUT2D eigenvalue weighted by atomic mass is 10.0. The number of carbonyl (C=O) groups is 2. The van der Waals surface area contributed by atoms with E-state index in [2.05, 4.69) is 6.07 Å². The Morgan fingerprint density at radius 1 is 0.818 bits per heavy atom. The topological polar surface area (TPSA) is 98.4 Å². The Kier molecular flexibility index (Phi) is 4.35. The first-order valence-corrected chi connectivity index (χ1v) is 6.30. The van der Waals surface area contributed by atoms with Gasteiger partial charge in [-0.25, -0.2) is 9.59 Å². The van der Waals surface area contributed by atoms with E-state index in [1.54, 1.807) is 30.3 Å². The van der Waals surface area contributed by atoms with Crippen molar-refractivity contribution in [3.63, 3.8) is 0 Å². The second kappa shape index (κ2) is 6.37. The van der Waals surface area contributed by atoms with Gasteiger partial charge in [0, 0.05) is 0 Å². The van der Waals surface area contributed by atoms with Crippen molar-refractivity contribution in [2.24, 2.45) is 0 Å². The molecule has 0 saturated heterocycles. The van der Waals surface area contributed by atoms with E-state index in [9.17, 15) is 14.9 Å². The maximum atomic E-state index is 10.8. The summed E-state index contributed by atoms with van der Waals surface area (Å²) < 4.78 is 0. The molecule has 0 aromatic heterocycles. The molecule has 0 heterocycles. The average Bonchev–Trinajstić information content (AvgIpc) is 2.53. The highest BCUT2D eigenvalue weighted by molar-refractivity contribution is 5.93. The van der Waals surface area contributed by atoms with Gasteiger partial charge >= 0.3 is 11.9 Å². The predicted molar refractivity (Wildman–Crippen MR) is 80.3 cm³/mol. The summed E-state index contributed by atoms with van der Waals surface area (Å²) in [6.07, 6.45) is 1.61. The summed E-state index contributed by atoms with van der Waals surface area (Å²) in [5.41, 5.74) is 1.95. The first-order valence-electron chi connectivity index (χ1n) is 6.30. The number of nitrogens with zero attached hydrogens (tertiary/aromatic N) is 1. The molecule has 2 aromatic carbocycles. The van der Waals surface area contributed by atoms with E-state index in [4.69, 9.17) is 10.2 Å². The van der Waals surface area contributed by atoms with E-state index >= 15 is 0 Å². The standard InChI is InChI=1S/C17H11NO4/c18-10-15(12-5-7-14(8-6-12)17(21)22)9-11-1-3-13(4-2-11)16(19)20/h1-9H,(H,19,20)(H,21,22)/b15-9+. The Balaban J connectivity index is 2.32. The summed E-state index contributed by atoms with van der Waals surface area (Å²) in [6, 6.07) is 14.1. The maximum absolute atomic E-state index is 10.8. The molecule has 0 aliphatic carbocycles. The fourth-order valence-electron chi connectivity index (χ4n) is 1.86. The van der Waals surface area contributed by atoms with Gasteiger partial charge < -0.3 is 10.2 Å². The minimum Gasteiger partial charge on any atom is -0.478 e. The van der Waals surface area contributed by atoms with Crippen LogP contribution < -0.4 is 0 Å². The number of nitriles is 1. The third-order valence-corrected chi connectivity index (χ3v) is 3.03. The van der Waals surface area contributed by atoms with Crippen LogP contribution >= 0.6 is 0 Å². The van der Waals surface area contributed by atoms with Gasteiger partial charge in [0.2, 0.25) is 0 Å². The summed E-state index contributed by atoms with van der Waals surface area (Å²) in [4.78, 5) is 21.6. The zero-order valence-corrected chi connectivity index (χ0v) is 11.4. The van der Waals surface area contributed by atoms with Crippen molar-refractivity contribution in [1.82, 2.24) is 0 Å². The van der Waals surface area contributed by atoms with Crippen LogP contribution in [0.1, 0.15) is 31.8 Å². The normalized spacial score (nSPS) is 10.8. The molecular formula is C17H11NO4. The van der Waals surface area contributed by atoms with E-state index in [0.717, 1.165) is 0 Å². The van der Waals surface area contributed by atoms with Crippen LogP contribution in [-0.2, 0) is 0 Å². The van der Waals surface area contributed by atoms with Crippen LogP contribution in [0.25, 0.3) is 11.6 Å². The van der Waals surface area contributed by atoms with Crippen molar-refractivity contribution in [3.05, 3.63) is 70.8 Å². The summed E-state index contributed by atoms with van der Waals surface area (Å²) in [5.74, 6) is -2.04. The first kappa shape index (κ1) is 15.0. The number of benzene rings is 2. The van der Waals surface area contributed by atoms with Crippen molar-refractivity contribution in [2.45, 2.75) is 0 Å². The molecule has 0 aliphatic rings. The van der Waals surface area contributed by atoms with Crippen LogP contribution in [0.5, 0.6) is 0 Å². The highest BCUT2D eigenvalue weighted by Crippen LogP contribution is 2.19. The third kappa shape index (κ3) is 3.38. The summed E-state index contributed by atoms with van der Waals surface area (Å²) in [6.45, 7) is 0. The second-order valence-electron chi connectivity index (χ2n) is 4.48. The van der Waals surface area contributed by atoms with Gasteiger partial charge in [0.05, 0.1) is 22.8 Å². The lowest BCUT2D eigenvalue weighted by Gasteiger charge is -2.01. The molecule has 2 aromatic rings. The first-order chi connectivity index (χ1) is 10.5. The Bertz CT molecular complexity index is 781.